The van der Waals surface area contributed by atoms with Crippen LogP contribution in [0, 0.1) is 10.1 Å². The molecule has 7 heteroatoms. The highest BCUT2D eigenvalue weighted by Crippen LogP contribution is 2.55. The highest BCUT2D eigenvalue weighted by molar-refractivity contribution is 7.96. The van der Waals surface area contributed by atoms with E-state index in [9.17, 15) is 14.9 Å². The topological polar surface area (TPSA) is 72.2 Å². The second-order valence-corrected chi connectivity index (χ2v) is 10.8. The fourth-order valence-corrected chi connectivity index (χ4v) is 7.88. The maximum Gasteiger partial charge on any atom is 0.271 e. The lowest BCUT2D eigenvalue weighted by Gasteiger charge is -2.27. The zero-order valence-electron chi connectivity index (χ0n) is 17.7. The molecule has 0 aliphatic heterocycles. The number of nitro benzene ring substituents is 1. The molecule has 4 aromatic carbocycles. The Kier molecular flexibility index (Phi) is 8.10. The first kappa shape index (κ1) is 24.3. The van der Waals surface area contributed by atoms with E-state index in [1.54, 1.807) is 12.1 Å². The number of carbonyl (C=O) groups is 1. The molecule has 0 atom stereocenters. The third-order valence-electron chi connectivity index (χ3n) is 5.31. The minimum Gasteiger partial charge on any atom is -1.00 e. The molecule has 0 unspecified atom stereocenters. The second-order valence-electron chi connectivity index (χ2n) is 7.33. The van der Waals surface area contributed by atoms with E-state index in [1.807, 2.05) is 54.6 Å². The van der Waals surface area contributed by atoms with Crippen molar-refractivity contribution in [1.29, 1.82) is 0 Å². The highest BCUT2D eigenvalue weighted by Gasteiger charge is 2.47. The fourth-order valence-electron chi connectivity index (χ4n) is 3.88. The highest BCUT2D eigenvalue weighted by atomic mass is 79.9. The number of carbonyl (C=O) groups excluding carboxylic acids is 1. The van der Waals surface area contributed by atoms with Crippen molar-refractivity contribution in [3.8, 4) is 0 Å². The van der Waals surface area contributed by atoms with E-state index in [4.69, 9.17) is 0 Å². The van der Waals surface area contributed by atoms with Gasteiger partial charge in [0.25, 0.3) is 11.6 Å². The molecule has 1 amide bonds. The molecule has 0 radical (unpaired) electrons. The van der Waals surface area contributed by atoms with E-state index in [0.29, 0.717) is 5.69 Å². The first-order valence-corrected chi connectivity index (χ1v) is 12.2. The maximum absolute atomic E-state index is 13.4. The monoisotopic (exact) mass is 520 g/mol. The van der Waals surface area contributed by atoms with Crippen LogP contribution >= 0.6 is 7.26 Å². The zero-order chi connectivity index (χ0) is 22.4. The van der Waals surface area contributed by atoms with Gasteiger partial charge in [0, 0.05) is 17.8 Å². The fraction of sp³-hybridized carbons (Fsp3) is 0.0385. The molecule has 0 spiro atoms. The third kappa shape index (κ3) is 5.36. The number of halogens is 1. The molecule has 0 saturated heterocycles. The smallest absolute Gasteiger partial charge is 0.271 e. The van der Waals surface area contributed by atoms with Gasteiger partial charge in [0.1, 0.15) is 23.2 Å². The quantitative estimate of drug-likeness (QED) is 0.228. The van der Waals surface area contributed by atoms with Crippen LogP contribution in [0.4, 0.5) is 11.4 Å². The second kappa shape index (κ2) is 11.0. The summed E-state index contributed by atoms with van der Waals surface area (Å²) in [5, 5.41) is 17.3. The Morgan fingerprint density at radius 3 is 1.61 bits per heavy atom. The molecule has 0 heterocycles. The van der Waals surface area contributed by atoms with Crippen molar-refractivity contribution in [1.82, 2.24) is 0 Å². The average molecular weight is 521 g/mol. The standard InChI is InChI=1S/C26H21N2O3P.BrH/c29-26(27-21-11-10-12-22(19-21)28(30)31)20-32(23-13-4-1-5-14-23,24-15-6-2-7-16-24)25-17-8-3-9-18-25;/h1-19H,20H2;1H. The van der Waals surface area contributed by atoms with Crippen molar-refractivity contribution >= 4 is 40.5 Å². The Morgan fingerprint density at radius 2 is 1.18 bits per heavy atom. The number of nitrogens with one attached hydrogen (secondary N) is 1. The van der Waals surface area contributed by atoms with Crippen LogP contribution in [0.2, 0.25) is 0 Å². The molecule has 4 aromatic rings. The van der Waals surface area contributed by atoms with Gasteiger partial charge in [0.05, 0.1) is 4.92 Å². The van der Waals surface area contributed by atoms with E-state index >= 15 is 0 Å². The molecule has 0 aromatic heterocycles. The summed E-state index contributed by atoms with van der Waals surface area (Å²) in [4.78, 5) is 24.0. The summed E-state index contributed by atoms with van der Waals surface area (Å²) >= 11 is 0. The predicted molar refractivity (Wildman–Crippen MR) is 132 cm³/mol. The van der Waals surface area contributed by atoms with Crippen LogP contribution in [0.15, 0.2) is 115 Å². The molecule has 33 heavy (non-hydrogen) atoms. The summed E-state index contributed by atoms with van der Waals surface area (Å²) in [7, 11) is -2.32. The number of anilines is 1. The van der Waals surface area contributed by atoms with Crippen molar-refractivity contribution in [2.45, 2.75) is 0 Å². The molecule has 5 nitrogen and oxygen atoms in total. The molecular formula is C26H22BrN2O3P. The Morgan fingerprint density at radius 1 is 0.727 bits per heavy atom. The number of hydrogen-bond donors (Lipinski definition) is 1. The lowest BCUT2D eigenvalue weighted by atomic mass is 10.3. The Balaban J connectivity index is 0.00000306. The van der Waals surface area contributed by atoms with Gasteiger partial charge in [0.2, 0.25) is 0 Å². The van der Waals surface area contributed by atoms with Crippen LogP contribution in [0.1, 0.15) is 0 Å². The van der Waals surface area contributed by atoms with Gasteiger partial charge in [-0.25, -0.2) is 0 Å². The van der Waals surface area contributed by atoms with E-state index in [0.717, 1.165) is 15.9 Å². The van der Waals surface area contributed by atoms with Gasteiger partial charge in [-0.2, -0.15) is 0 Å². The van der Waals surface area contributed by atoms with E-state index in [-0.39, 0.29) is 34.7 Å². The Hall–Kier alpha value is -3.34. The van der Waals surface area contributed by atoms with Crippen molar-refractivity contribution in [3.05, 3.63) is 125 Å². The number of nitro groups is 1. The molecule has 0 fully saturated rings. The molecule has 0 bridgehead atoms. The van der Waals surface area contributed by atoms with E-state index in [1.165, 1.54) is 12.1 Å². The van der Waals surface area contributed by atoms with Crippen LogP contribution in [-0.2, 0) is 4.79 Å². The first-order chi connectivity index (χ1) is 15.6. The Bertz CT molecular complexity index is 1130. The van der Waals surface area contributed by atoms with Crippen LogP contribution in [0.25, 0.3) is 0 Å². The number of benzene rings is 4. The molecule has 1 N–H and O–H groups in total. The summed E-state index contributed by atoms with van der Waals surface area (Å²) in [5.74, 6) is -0.185. The van der Waals surface area contributed by atoms with E-state index < -0.39 is 12.2 Å². The minimum absolute atomic E-state index is 0. The number of nitrogens with zero attached hydrogens (tertiary/aromatic N) is 1. The first-order valence-electron chi connectivity index (χ1n) is 10.2. The normalized spacial score (nSPS) is 10.7. The predicted octanol–water partition coefficient (Wildman–Crippen LogP) is 1.53. The largest absolute Gasteiger partial charge is 1.00 e. The van der Waals surface area contributed by atoms with Crippen molar-refractivity contribution in [2.75, 3.05) is 11.5 Å². The van der Waals surface area contributed by atoms with Crippen LogP contribution in [0.5, 0.6) is 0 Å². The van der Waals surface area contributed by atoms with Crippen molar-refractivity contribution < 1.29 is 26.7 Å². The Labute approximate surface area is 203 Å². The molecular weight excluding hydrogens is 499 g/mol. The van der Waals surface area contributed by atoms with Gasteiger partial charge in [-0.1, -0.05) is 60.7 Å². The molecule has 166 valence electrons. The summed E-state index contributed by atoms with van der Waals surface area (Å²) < 4.78 is 0. The zero-order valence-corrected chi connectivity index (χ0v) is 20.2. The van der Waals surface area contributed by atoms with Crippen molar-refractivity contribution in [2.24, 2.45) is 0 Å². The van der Waals surface area contributed by atoms with Gasteiger partial charge in [-0.05, 0) is 42.5 Å². The summed E-state index contributed by atoms with van der Waals surface area (Å²) in [5.41, 5.74) is 0.356. The van der Waals surface area contributed by atoms with Gasteiger partial charge in [-0.15, -0.1) is 0 Å². The van der Waals surface area contributed by atoms with Gasteiger partial charge in [-0.3, -0.25) is 14.9 Å². The number of amides is 1. The minimum atomic E-state index is -2.32. The van der Waals surface area contributed by atoms with Gasteiger partial charge >= 0.3 is 0 Å². The summed E-state index contributed by atoms with van der Waals surface area (Å²) in [6.45, 7) is 0. The average Bonchev–Trinajstić information content (AvgIpc) is 2.84. The third-order valence-corrected chi connectivity index (χ3v) is 9.61. The van der Waals surface area contributed by atoms with Gasteiger partial charge < -0.3 is 22.3 Å². The van der Waals surface area contributed by atoms with Crippen molar-refractivity contribution in [3.63, 3.8) is 0 Å². The van der Waals surface area contributed by atoms with Crippen LogP contribution in [0.3, 0.4) is 0 Å². The lowest BCUT2D eigenvalue weighted by molar-refractivity contribution is -0.384. The number of rotatable bonds is 7. The molecule has 0 saturated carbocycles. The SMILES string of the molecule is O=C(C[P+](c1ccccc1)(c1ccccc1)c1ccccc1)Nc1cccc([N+](=O)[O-])c1.[Br-]. The number of hydrogen-bond acceptors (Lipinski definition) is 3. The van der Waals surface area contributed by atoms with Crippen LogP contribution < -0.4 is 38.2 Å². The van der Waals surface area contributed by atoms with E-state index in [2.05, 4.69) is 41.7 Å². The maximum atomic E-state index is 13.4. The number of non-ortho nitro benzene ring substituents is 1. The summed E-state index contributed by atoms with van der Waals surface area (Å²) in [6.07, 6.45) is 0.244. The molecule has 4 rings (SSSR count). The molecule has 0 aliphatic rings. The van der Waals surface area contributed by atoms with Gasteiger partial charge in [0.15, 0.2) is 6.16 Å². The lowest BCUT2D eigenvalue weighted by Crippen LogP contribution is -3.00. The molecule has 0 aliphatic carbocycles. The van der Waals surface area contributed by atoms with Crippen LogP contribution in [-0.4, -0.2) is 17.0 Å². The summed E-state index contributed by atoms with van der Waals surface area (Å²) in [6, 6.07) is 36.4.